The molecule has 0 aromatic heterocycles. The van der Waals surface area contributed by atoms with E-state index in [9.17, 15) is 4.79 Å². The molecule has 1 amide bonds. The maximum absolute atomic E-state index is 12.0. The summed E-state index contributed by atoms with van der Waals surface area (Å²) in [5.41, 5.74) is 1.04. The van der Waals surface area contributed by atoms with Crippen LogP contribution in [0.15, 0.2) is 24.3 Å². The van der Waals surface area contributed by atoms with Gasteiger partial charge >= 0.3 is 0 Å². The van der Waals surface area contributed by atoms with Crippen LogP contribution in [0.3, 0.4) is 0 Å². The third kappa shape index (κ3) is 3.51. The minimum Gasteiger partial charge on any atom is -0.497 e. The van der Waals surface area contributed by atoms with Gasteiger partial charge in [0, 0.05) is 12.0 Å². The average Bonchev–Trinajstić information content (AvgIpc) is 2.99. The van der Waals surface area contributed by atoms with E-state index >= 15 is 0 Å². The number of rotatable bonds is 5. The highest BCUT2D eigenvalue weighted by Gasteiger charge is 2.26. The van der Waals surface area contributed by atoms with Crippen LogP contribution >= 0.6 is 0 Å². The van der Waals surface area contributed by atoms with E-state index in [0.717, 1.165) is 30.7 Å². The van der Waals surface area contributed by atoms with Gasteiger partial charge in [-0.25, -0.2) is 0 Å². The molecule has 1 aliphatic rings. The lowest BCUT2D eigenvalue weighted by Gasteiger charge is -2.26. The SMILES string of the molecule is COc1cccc(C(C)(C)CNC(=O)C2CCCN2)c1. The molecular formula is C16H24N2O2. The number of hydrogen-bond acceptors (Lipinski definition) is 3. The third-order valence-electron chi connectivity index (χ3n) is 3.93. The zero-order valence-corrected chi connectivity index (χ0v) is 12.5. The lowest BCUT2D eigenvalue weighted by atomic mass is 9.84. The van der Waals surface area contributed by atoms with Crippen LogP contribution < -0.4 is 15.4 Å². The number of benzene rings is 1. The van der Waals surface area contributed by atoms with E-state index < -0.39 is 0 Å². The van der Waals surface area contributed by atoms with E-state index in [1.165, 1.54) is 0 Å². The Kier molecular flexibility index (Phi) is 4.65. The molecule has 0 spiro atoms. The van der Waals surface area contributed by atoms with Gasteiger partial charge in [0.2, 0.25) is 5.91 Å². The summed E-state index contributed by atoms with van der Waals surface area (Å²) in [5, 5.41) is 6.28. The number of ether oxygens (including phenoxy) is 1. The number of amides is 1. The van der Waals surface area contributed by atoms with Crippen LogP contribution in [0.2, 0.25) is 0 Å². The van der Waals surface area contributed by atoms with Crippen LogP contribution in [0.1, 0.15) is 32.3 Å². The Labute approximate surface area is 120 Å². The second kappa shape index (κ2) is 6.27. The van der Waals surface area contributed by atoms with Gasteiger partial charge in [0.25, 0.3) is 0 Å². The molecule has 1 heterocycles. The molecular weight excluding hydrogens is 252 g/mol. The highest BCUT2D eigenvalue weighted by molar-refractivity contribution is 5.82. The van der Waals surface area contributed by atoms with Crippen LogP contribution in [0.25, 0.3) is 0 Å². The number of methoxy groups -OCH3 is 1. The smallest absolute Gasteiger partial charge is 0.237 e. The first-order chi connectivity index (χ1) is 9.53. The van der Waals surface area contributed by atoms with E-state index in [4.69, 9.17) is 4.74 Å². The fourth-order valence-electron chi connectivity index (χ4n) is 2.49. The van der Waals surface area contributed by atoms with Crippen molar-refractivity contribution in [1.29, 1.82) is 0 Å². The summed E-state index contributed by atoms with van der Waals surface area (Å²) in [7, 11) is 1.67. The second-order valence-corrected chi connectivity index (χ2v) is 5.98. The Hall–Kier alpha value is -1.55. The number of nitrogens with one attached hydrogen (secondary N) is 2. The molecule has 1 unspecified atom stereocenters. The first kappa shape index (κ1) is 14.9. The van der Waals surface area contributed by atoms with Crippen LogP contribution in [0.4, 0.5) is 0 Å². The molecule has 0 radical (unpaired) electrons. The predicted molar refractivity (Wildman–Crippen MR) is 80.1 cm³/mol. The van der Waals surface area contributed by atoms with Gasteiger partial charge in [-0.1, -0.05) is 26.0 Å². The minimum atomic E-state index is -0.122. The quantitative estimate of drug-likeness (QED) is 0.863. The van der Waals surface area contributed by atoms with Crippen LogP contribution in [-0.2, 0) is 10.2 Å². The maximum Gasteiger partial charge on any atom is 0.237 e. The first-order valence-corrected chi connectivity index (χ1v) is 7.18. The lowest BCUT2D eigenvalue weighted by Crippen LogP contribution is -2.45. The van der Waals surface area contributed by atoms with Crippen molar-refractivity contribution in [2.45, 2.75) is 38.1 Å². The normalized spacial score (nSPS) is 18.9. The van der Waals surface area contributed by atoms with Crippen molar-refractivity contribution in [3.63, 3.8) is 0 Å². The third-order valence-corrected chi connectivity index (χ3v) is 3.93. The molecule has 0 bridgehead atoms. The molecule has 1 aromatic carbocycles. The van der Waals surface area contributed by atoms with Crippen molar-refractivity contribution in [1.82, 2.24) is 10.6 Å². The van der Waals surface area contributed by atoms with Crippen molar-refractivity contribution >= 4 is 5.91 Å². The van der Waals surface area contributed by atoms with E-state index in [0.29, 0.717) is 6.54 Å². The van der Waals surface area contributed by atoms with E-state index in [2.05, 4.69) is 30.5 Å². The van der Waals surface area contributed by atoms with Crippen molar-refractivity contribution in [2.75, 3.05) is 20.2 Å². The van der Waals surface area contributed by atoms with Gasteiger partial charge in [-0.15, -0.1) is 0 Å². The summed E-state index contributed by atoms with van der Waals surface area (Å²) in [6, 6.07) is 8.00. The fourth-order valence-corrected chi connectivity index (χ4v) is 2.49. The second-order valence-electron chi connectivity index (χ2n) is 5.98. The zero-order valence-electron chi connectivity index (χ0n) is 12.5. The van der Waals surface area contributed by atoms with Crippen molar-refractivity contribution < 1.29 is 9.53 Å². The van der Waals surface area contributed by atoms with Crippen molar-refractivity contribution in [2.24, 2.45) is 0 Å². The molecule has 4 heteroatoms. The molecule has 4 nitrogen and oxygen atoms in total. The Morgan fingerprint density at radius 1 is 1.50 bits per heavy atom. The number of carbonyl (C=O) groups excluding carboxylic acids is 1. The van der Waals surface area contributed by atoms with E-state index in [-0.39, 0.29) is 17.4 Å². The summed E-state index contributed by atoms with van der Waals surface area (Å²) in [4.78, 5) is 12.0. The molecule has 2 N–H and O–H groups in total. The predicted octanol–water partition coefficient (Wildman–Crippen LogP) is 1.84. The van der Waals surface area contributed by atoms with Gasteiger partial charge in [0.15, 0.2) is 0 Å². The molecule has 2 rings (SSSR count). The van der Waals surface area contributed by atoms with E-state index in [1.807, 2.05) is 18.2 Å². The van der Waals surface area contributed by atoms with Crippen LogP contribution in [-0.4, -0.2) is 32.1 Å². The van der Waals surface area contributed by atoms with Gasteiger partial charge < -0.3 is 15.4 Å². The minimum absolute atomic E-state index is 0.0175. The maximum atomic E-state index is 12.0. The summed E-state index contributed by atoms with van der Waals surface area (Å²) in [6.45, 7) is 5.82. The average molecular weight is 276 g/mol. The Bertz CT molecular complexity index is 465. The molecule has 1 atom stereocenters. The Morgan fingerprint density at radius 2 is 2.30 bits per heavy atom. The first-order valence-electron chi connectivity index (χ1n) is 7.18. The van der Waals surface area contributed by atoms with Crippen LogP contribution in [0, 0.1) is 0 Å². The summed E-state index contributed by atoms with van der Waals surface area (Å²) < 4.78 is 5.26. The van der Waals surface area contributed by atoms with Crippen LogP contribution in [0.5, 0.6) is 5.75 Å². The van der Waals surface area contributed by atoms with E-state index in [1.54, 1.807) is 7.11 Å². The number of carbonyl (C=O) groups is 1. The molecule has 1 aromatic rings. The monoisotopic (exact) mass is 276 g/mol. The fraction of sp³-hybridized carbons (Fsp3) is 0.562. The summed E-state index contributed by atoms with van der Waals surface area (Å²) >= 11 is 0. The molecule has 1 saturated heterocycles. The van der Waals surface area contributed by atoms with Gasteiger partial charge in [0.05, 0.1) is 13.2 Å². The standard InChI is InChI=1S/C16H24N2O2/c1-16(2,12-6-4-7-13(10-12)20-3)11-18-15(19)14-8-5-9-17-14/h4,6-7,10,14,17H,5,8-9,11H2,1-3H3,(H,18,19). The largest absolute Gasteiger partial charge is 0.497 e. The van der Waals surface area contributed by atoms with Gasteiger partial charge in [-0.2, -0.15) is 0 Å². The molecule has 1 fully saturated rings. The number of hydrogen-bond donors (Lipinski definition) is 2. The van der Waals surface area contributed by atoms with Crippen molar-refractivity contribution in [3.8, 4) is 5.75 Å². The Morgan fingerprint density at radius 3 is 2.95 bits per heavy atom. The topological polar surface area (TPSA) is 50.4 Å². The van der Waals surface area contributed by atoms with Gasteiger partial charge in [0.1, 0.15) is 5.75 Å². The summed E-state index contributed by atoms with van der Waals surface area (Å²) in [5.74, 6) is 0.956. The van der Waals surface area contributed by atoms with Crippen molar-refractivity contribution in [3.05, 3.63) is 29.8 Å². The van der Waals surface area contributed by atoms with Gasteiger partial charge in [-0.3, -0.25) is 4.79 Å². The molecule has 110 valence electrons. The molecule has 0 aliphatic carbocycles. The lowest BCUT2D eigenvalue weighted by molar-refractivity contribution is -0.123. The van der Waals surface area contributed by atoms with Gasteiger partial charge in [-0.05, 0) is 37.1 Å². The molecule has 1 aliphatic heterocycles. The highest BCUT2D eigenvalue weighted by Crippen LogP contribution is 2.25. The molecule has 20 heavy (non-hydrogen) atoms. The summed E-state index contributed by atoms with van der Waals surface area (Å²) in [6.07, 6.45) is 2.02. The Balaban J connectivity index is 1.97. The zero-order chi connectivity index (χ0) is 14.6. The highest BCUT2D eigenvalue weighted by atomic mass is 16.5. The molecule has 0 saturated carbocycles.